The maximum Gasteiger partial charge on any atom is 0.326 e. The van der Waals surface area contributed by atoms with Gasteiger partial charge in [-0.25, -0.2) is 4.79 Å². The van der Waals surface area contributed by atoms with Crippen LogP contribution in [0.25, 0.3) is 0 Å². The van der Waals surface area contributed by atoms with E-state index in [-0.39, 0.29) is 74.0 Å². The Morgan fingerprint density at radius 2 is 0.634 bits per heavy atom. The second kappa shape index (κ2) is 42.9. The molecule has 0 rings (SSSR count). The lowest BCUT2D eigenvalue weighted by molar-refractivity contribution is -0.143. The first-order valence-electron chi connectivity index (χ1n) is 31.5. The van der Waals surface area contributed by atoms with Crippen molar-refractivity contribution in [2.75, 3.05) is 19.7 Å². The highest BCUT2D eigenvalue weighted by Gasteiger charge is 2.36. The van der Waals surface area contributed by atoms with Crippen molar-refractivity contribution in [2.24, 2.45) is 52.7 Å². The summed E-state index contributed by atoms with van der Waals surface area (Å²) < 4.78 is 0. The predicted octanol–water partition coefficient (Wildman–Crippen LogP) is -4.32. The first kappa shape index (κ1) is 84.9. The van der Waals surface area contributed by atoms with Crippen molar-refractivity contribution < 1.29 is 87.2 Å². The van der Waals surface area contributed by atoms with Crippen LogP contribution in [0, 0.1) is 35.5 Å². The van der Waals surface area contributed by atoms with Gasteiger partial charge in [0.2, 0.25) is 82.7 Å². The Balaban J connectivity index is 6.27. The highest BCUT2D eigenvalue weighted by atomic mass is 16.4. The second-order valence-corrected chi connectivity index (χ2v) is 25.9. The molecular formula is C60H107N15O18. The van der Waals surface area contributed by atoms with E-state index in [1.165, 1.54) is 6.92 Å². The van der Waals surface area contributed by atoms with Gasteiger partial charge < -0.3 is 96.3 Å². The van der Waals surface area contributed by atoms with Crippen LogP contribution >= 0.6 is 0 Å². The smallest absolute Gasteiger partial charge is 0.326 e. The van der Waals surface area contributed by atoms with Crippen LogP contribution in [-0.4, -0.2) is 196 Å². The average Bonchev–Trinajstić information content (AvgIpc) is 0.971. The van der Waals surface area contributed by atoms with Gasteiger partial charge in [0, 0.05) is 12.8 Å². The molecule has 93 heavy (non-hydrogen) atoms. The van der Waals surface area contributed by atoms with Crippen LogP contribution < -0.4 is 81.0 Å². The molecule has 0 aliphatic heterocycles. The summed E-state index contributed by atoms with van der Waals surface area (Å²) in [6, 6.07) is -15.3. The minimum Gasteiger partial charge on any atom is -0.480 e. The number of hydrogen-bond donors (Lipinski definition) is 18. The molecule has 33 heteroatoms. The van der Waals surface area contributed by atoms with E-state index in [1.807, 2.05) is 41.5 Å². The van der Waals surface area contributed by atoms with Crippen LogP contribution in [0.15, 0.2) is 0 Å². The first-order valence-corrected chi connectivity index (χ1v) is 31.5. The molecule has 14 amide bonds. The number of carboxylic acid groups (broad SMARTS) is 1. The topological polar surface area (TPSA) is 539 Å². The van der Waals surface area contributed by atoms with Crippen LogP contribution in [0.2, 0.25) is 0 Å². The van der Waals surface area contributed by atoms with E-state index in [0.717, 1.165) is 6.92 Å². The van der Waals surface area contributed by atoms with Gasteiger partial charge >= 0.3 is 5.97 Å². The molecule has 0 radical (unpaired) electrons. The van der Waals surface area contributed by atoms with E-state index < -0.39 is 200 Å². The molecule has 0 heterocycles. The van der Waals surface area contributed by atoms with Gasteiger partial charge in [-0.15, -0.1) is 0 Å². The number of hydrogen-bond acceptors (Lipinski definition) is 18. The number of aliphatic hydroxyl groups excluding tert-OH is 2. The summed E-state index contributed by atoms with van der Waals surface area (Å²) in [5, 5.41) is 59.4. The lowest BCUT2D eigenvalue weighted by atomic mass is 9.99. The van der Waals surface area contributed by atoms with Crippen molar-refractivity contribution in [3.05, 3.63) is 0 Å². The van der Waals surface area contributed by atoms with Crippen LogP contribution in [0.3, 0.4) is 0 Å². The maximum atomic E-state index is 14.0. The van der Waals surface area contributed by atoms with Gasteiger partial charge in [0.05, 0.1) is 31.8 Å². The molecule has 0 aromatic carbocycles. The third-order valence-electron chi connectivity index (χ3n) is 13.9. The van der Waals surface area contributed by atoms with Gasteiger partial charge in [0.15, 0.2) is 0 Å². The quantitative estimate of drug-likeness (QED) is 0.0274. The number of carbonyl (C=O) groups is 15. The Bertz CT molecular complexity index is 2550. The largest absolute Gasteiger partial charge is 0.480 e. The lowest BCUT2D eigenvalue weighted by Gasteiger charge is -2.28. The third-order valence-corrected chi connectivity index (χ3v) is 13.9. The van der Waals surface area contributed by atoms with Crippen LogP contribution in [0.4, 0.5) is 0 Å². The zero-order valence-corrected chi connectivity index (χ0v) is 56.3. The molecular weight excluding hydrogens is 1220 g/mol. The number of carbonyl (C=O) groups excluding carboxylic acids is 14. The van der Waals surface area contributed by atoms with Gasteiger partial charge in [-0.05, 0) is 101 Å². The molecule has 12 atom stereocenters. The number of amides is 14. The van der Waals surface area contributed by atoms with Crippen molar-refractivity contribution >= 4 is 88.7 Å². The Morgan fingerprint density at radius 3 is 0.978 bits per heavy atom. The fourth-order valence-electron chi connectivity index (χ4n) is 9.19. The monoisotopic (exact) mass is 1330 g/mol. The highest BCUT2D eigenvalue weighted by Crippen LogP contribution is 2.14. The summed E-state index contributed by atoms with van der Waals surface area (Å²) in [6.07, 6.45) is -2.62. The molecule has 0 aliphatic rings. The van der Waals surface area contributed by atoms with Crippen molar-refractivity contribution in [1.82, 2.24) is 63.8 Å². The van der Waals surface area contributed by atoms with Gasteiger partial charge in [-0.3, -0.25) is 67.1 Å². The van der Waals surface area contributed by atoms with Crippen molar-refractivity contribution in [1.29, 1.82) is 0 Å². The fourth-order valence-corrected chi connectivity index (χ4v) is 9.19. The Morgan fingerprint density at radius 1 is 0.344 bits per heavy atom. The van der Waals surface area contributed by atoms with Crippen molar-refractivity contribution in [3.63, 3.8) is 0 Å². The van der Waals surface area contributed by atoms with E-state index in [4.69, 9.17) is 17.2 Å². The molecule has 0 aromatic rings. The predicted molar refractivity (Wildman–Crippen MR) is 339 cm³/mol. The number of rotatable bonds is 45. The molecule has 0 aromatic heterocycles. The van der Waals surface area contributed by atoms with E-state index in [1.54, 1.807) is 41.5 Å². The summed E-state index contributed by atoms with van der Waals surface area (Å²) in [4.78, 5) is 197. The molecule has 0 unspecified atom stereocenters. The number of nitrogens with two attached hydrogens (primary N) is 3. The average molecular weight is 1330 g/mol. The minimum atomic E-state index is -1.81. The fraction of sp³-hybridized carbons (Fsp3) is 0.750. The number of nitrogens with one attached hydrogen (secondary N) is 12. The van der Waals surface area contributed by atoms with Gasteiger partial charge in [0.25, 0.3) is 0 Å². The highest BCUT2D eigenvalue weighted by molar-refractivity contribution is 5.99. The third kappa shape index (κ3) is 35.5. The maximum absolute atomic E-state index is 14.0. The second-order valence-electron chi connectivity index (χ2n) is 25.9. The van der Waals surface area contributed by atoms with Crippen LogP contribution in [0.1, 0.15) is 161 Å². The zero-order chi connectivity index (χ0) is 71.7. The molecule has 0 bridgehead atoms. The standard InChI is InChI=1S/C60H107N15O18/c1-28(2)19-36(61)51(83)70-42(23-32(9)10)56(88)71-39(20-29(3)4)52(84)64-25-47(80)66-34(13)50(82)69-41(22-31(7)8)55(87)67-37(15-17-45(62)78)54(86)74-44(27-76)58(90)73-43(24-33(11)12)57(89)72-40(21-30(5)6)53(85)65-26-48(81)75-49(35(14)77)59(91)68-38(60(92)93)16-18-46(63)79/h28-44,49,76-77H,15-27,61H2,1-14H3,(H2,62,78)(H2,63,79)(H,64,84)(H,65,85)(H,66,80)(H,67,87)(H,68,91)(H,69,82)(H,70,83)(H,71,88)(H,72,89)(H,73,90)(H,74,86)(H,75,81)(H,92,93)/t34-,35+,36-,37-,38-,39-,40-,41-,42-,43-,44-,49-/m0/s1. The van der Waals surface area contributed by atoms with Crippen molar-refractivity contribution in [3.8, 4) is 0 Å². The molecule has 0 saturated carbocycles. The van der Waals surface area contributed by atoms with E-state index in [9.17, 15) is 87.2 Å². The molecule has 530 valence electrons. The van der Waals surface area contributed by atoms with E-state index in [0.29, 0.717) is 6.42 Å². The summed E-state index contributed by atoms with van der Waals surface area (Å²) in [6.45, 7) is 21.3. The van der Waals surface area contributed by atoms with Gasteiger partial charge in [-0.2, -0.15) is 0 Å². The lowest BCUT2D eigenvalue weighted by Crippen LogP contribution is -2.60. The summed E-state index contributed by atoms with van der Waals surface area (Å²) in [5.74, 6) is -14.8. The SMILES string of the molecule is CC(C)C[C@H](NC(=O)[C@H](C)NC(=O)CNC(=O)[C@H](CC(C)C)NC(=O)[C@H](CC(C)C)NC(=O)[C@@H](N)CC(C)C)C(=O)N[C@@H](CCC(N)=O)C(=O)N[C@@H](CO)C(=O)N[C@@H](CC(C)C)C(=O)N[C@@H](CC(C)C)C(=O)NCC(=O)N[C@H](C(=O)N[C@@H](CCC(N)=O)C(=O)O)[C@@H](C)O. The molecule has 0 fully saturated rings. The van der Waals surface area contributed by atoms with E-state index >= 15 is 0 Å². The van der Waals surface area contributed by atoms with Gasteiger partial charge in [0.1, 0.15) is 60.4 Å². The number of aliphatic carboxylic acids is 1. The molecule has 21 N–H and O–H groups in total. The van der Waals surface area contributed by atoms with Crippen LogP contribution in [0.5, 0.6) is 0 Å². The number of aliphatic hydroxyl groups is 2. The Kier molecular flexibility index (Phi) is 39.2. The first-order chi connectivity index (χ1) is 43.1. The minimum absolute atomic E-state index is 0.0153. The summed E-state index contributed by atoms with van der Waals surface area (Å²) >= 11 is 0. The number of carboxylic acids is 1. The normalized spacial score (nSPS) is 15.3. The Hall–Kier alpha value is -8.07. The van der Waals surface area contributed by atoms with Crippen molar-refractivity contribution in [2.45, 2.75) is 234 Å². The van der Waals surface area contributed by atoms with Crippen LogP contribution in [-0.2, 0) is 71.9 Å². The number of primary amides is 2. The molecule has 0 aliphatic carbocycles. The molecule has 0 saturated heterocycles. The summed E-state index contributed by atoms with van der Waals surface area (Å²) in [5.41, 5.74) is 16.6. The van der Waals surface area contributed by atoms with E-state index in [2.05, 4.69) is 63.8 Å². The summed E-state index contributed by atoms with van der Waals surface area (Å²) in [7, 11) is 0. The molecule has 0 spiro atoms. The van der Waals surface area contributed by atoms with Gasteiger partial charge in [-0.1, -0.05) is 83.1 Å². The Labute approximate surface area is 544 Å². The zero-order valence-electron chi connectivity index (χ0n) is 56.3. The molecule has 33 nitrogen and oxygen atoms in total.